The molecule has 0 atom stereocenters. The molecular formula is C24H37NO2. The smallest absolute Gasteiger partial charge is 0.410 e. The van der Waals surface area contributed by atoms with E-state index >= 15 is 0 Å². The summed E-state index contributed by atoms with van der Waals surface area (Å²) in [6.07, 6.45) is 10.5. The van der Waals surface area contributed by atoms with Gasteiger partial charge in [0.15, 0.2) is 0 Å². The predicted octanol–water partition coefficient (Wildman–Crippen LogP) is 6.07. The second-order valence-electron chi connectivity index (χ2n) is 9.75. The Balaban J connectivity index is 1.49. The summed E-state index contributed by atoms with van der Waals surface area (Å²) in [5.74, 6) is 2.53. The molecule has 0 radical (unpaired) electrons. The fourth-order valence-corrected chi connectivity index (χ4v) is 4.74. The standard InChI is InChI=1S/C24H37NO2/c1-24(2,3)27-23(26)25(14-13-19-9-5-4-6-10-19)18-22-16-21(17-22)15-20-11-7-8-12-20/h4-6,9-10,20-22H,7-8,11-18H2,1-3H3. The third kappa shape index (κ3) is 6.55. The summed E-state index contributed by atoms with van der Waals surface area (Å²) >= 11 is 0. The summed E-state index contributed by atoms with van der Waals surface area (Å²) in [6.45, 7) is 7.43. The fourth-order valence-electron chi connectivity index (χ4n) is 4.74. The van der Waals surface area contributed by atoms with Crippen molar-refractivity contribution in [1.82, 2.24) is 4.90 Å². The van der Waals surface area contributed by atoms with E-state index in [1.54, 1.807) is 0 Å². The summed E-state index contributed by atoms with van der Waals surface area (Å²) in [5, 5.41) is 0. The number of ether oxygens (including phenoxy) is 1. The molecule has 0 aromatic heterocycles. The van der Waals surface area contributed by atoms with Crippen molar-refractivity contribution in [3.8, 4) is 0 Å². The van der Waals surface area contributed by atoms with Gasteiger partial charge in [-0.25, -0.2) is 4.79 Å². The number of rotatable bonds is 7. The molecule has 0 N–H and O–H groups in total. The van der Waals surface area contributed by atoms with Gasteiger partial charge in [-0.05, 0) is 69.8 Å². The molecule has 0 unspecified atom stereocenters. The Labute approximate surface area is 165 Å². The molecule has 2 aliphatic rings. The molecule has 2 aliphatic carbocycles. The first-order valence-electron chi connectivity index (χ1n) is 10.9. The molecule has 3 rings (SSSR count). The Morgan fingerprint density at radius 1 is 1.04 bits per heavy atom. The van der Waals surface area contributed by atoms with E-state index in [2.05, 4.69) is 24.3 Å². The number of amides is 1. The minimum Gasteiger partial charge on any atom is -0.444 e. The molecule has 1 amide bonds. The maximum Gasteiger partial charge on any atom is 0.410 e. The van der Waals surface area contributed by atoms with Crippen molar-refractivity contribution < 1.29 is 9.53 Å². The highest BCUT2D eigenvalue weighted by Gasteiger charge is 2.34. The van der Waals surface area contributed by atoms with E-state index in [0.717, 1.165) is 31.3 Å². The monoisotopic (exact) mass is 371 g/mol. The van der Waals surface area contributed by atoms with Crippen molar-refractivity contribution in [2.45, 2.75) is 77.7 Å². The van der Waals surface area contributed by atoms with Crippen LogP contribution < -0.4 is 0 Å². The van der Waals surface area contributed by atoms with Crippen LogP contribution in [0.1, 0.15) is 71.3 Å². The average molecular weight is 372 g/mol. The largest absolute Gasteiger partial charge is 0.444 e. The highest BCUT2D eigenvalue weighted by molar-refractivity contribution is 5.68. The lowest BCUT2D eigenvalue weighted by Gasteiger charge is -2.40. The number of carbonyl (C=O) groups excluding carboxylic acids is 1. The number of carbonyl (C=O) groups is 1. The van der Waals surface area contributed by atoms with Gasteiger partial charge >= 0.3 is 6.09 Å². The minimum absolute atomic E-state index is 0.155. The van der Waals surface area contributed by atoms with Gasteiger partial charge in [-0.2, -0.15) is 0 Å². The van der Waals surface area contributed by atoms with Crippen LogP contribution in [0.5, 0.6) is 0 Å². The molecule has 1 aromatic rings. The zero-order valence-corrected chi connectivity index (χ0v) is 17.5. The van der Waals surface area contributed by atoms with Crippen LogP contribution in [-0.4, -0.2) is 29.7 Å². The molecule has 1 aromatic carbocycles. The van der Waals surface area contributed by atoms with E-state index < -0.39 is 5.60 Å². The normalized spacial score (nSPS) is 23.1. The lowest BCUT2D eigenvalue weighted by atomic mass is 9.70. The molecule has 2 fully saturated rings. The third-order valence-corrected chi connectivity index (χ3v) is 6.12. The fraction of sp³-hybridized carbons (Fsp3) is 0.708. The molecule has 0 aliphatic heterocycles. The first kappa shape index (κ1) is 20.2. The zero-order chi connectivity index (χ0) is 19.3. The van der Waals surface area contributed by atoms with Crippen LogP contribution >= 0.6 is 0 Å². The first-order valence-corrected chi connectivity index (χ1v) is 10.9. The van der Waals surface area contributed by atoms with Crippen LogP contribution in [0.25, 0.3) is 0 Å². The predicted molar refractivity (Wildman–Crippen MR) is 111 cm³/mol. The van der Waals surface area contributed by atoms with Gasteiger partial charge in [-0.3, -0.25) is 0 Å². The van der Waals surface area contributed by atoms with E-state index in [1.165, 1.54) is 50.5 Å². The van der Waals surface area contributed by atoms with Gasteiger partial charge in [0.2, 0.25) is 0 Å². The second-order valence-corrected chi connectivity index (χ2v) is 9.75. The van der Waals surface area contributed by atoms with E-state index in [4.69, 9.17) is 4.74 Å². The minimum atomic E-state index is -0.438. The van der Waals surface area contributed by atoms with Gasteiger partial charge in [-0.1, -0.05) is 56.0 Å². The Bertz CT molecular complexity index is 580. The Morgan fingerprint density at radius 3 is 2.33 bits per heavy atom. The van der Waals surface area contributed by atoms with Crippen LogP contribution in [0, 0.1) is 17.8 Å². The summed E-state index contributed by atoms with van der Waals surface area (Å²) in [5.41, 5.74) is 0.839. The molecule has 3 heteroatoms. The summed E-state index contributed by atoms with van der Waals surface area (Å²) in [6, 6.07) is 10.4. The van der Waals surface area contributed by atoms with Crippen molar-refractivity contribution in [2.24, 2.45) is 17.8 Å². The SMILES string of the molecule is CC(C)(C)OC(=O)N(CCc1ccccc1)CC1CC(CC2CCCC2)C1. The molecule has 0 spiro atoms. The van der Waals surface area contributed by atoms with Crippen molar-refractivity contribution in [3.63, 3.8) is 0 Å². The maximum atomic E-state index is 12.7. The van der Waals surface area contributed by atoms with Gasteiger partial charge in [0.25, 0.3) is 0 Å². The van der Waals surface area contributed by atoms with Crippen LogP contribution in [0.3, 0.4) is 0 Å². The van der Waals surface area contributed by atoms with Gasteiger partial charge < -0.3 is 9.64 Å². The quantitative estimate of drug-likeness (QED) is 0.582. The Hall–Kier alpha value is -1.51. The lowest BCUT2D eigenvalue weighted by molar-refractivity contribution is 0.0150. The number of benzene rings is 1. The summed E-state index contributed by atoms with van der Waals surface area (Å²) < 4.78 is 5.68. The molecule has 0 saturated heterocycles. The first-order chi connectivity index (χ1) is 12.9. The van der Waals surface area contributed by atoms with Crippen LogP contribution in [0.2, 0.25) is 0 Å². The summed E-state index contributed by atoms with van der Waals surface area (Å²) in [4.78, 5) is 14.7. The second kappa shape index (κ2) is 9.12. The summed E-state index contributed by atoms with van der Waals surface area (Å²) in [7, 11) is 0. The van der Waals surface area contributed by atoms with Crippen molar-refractivity contribution >= 4 is 6.09 Å². The van der Waals surface area contributed by atoms with E-state index in [1.807, 2.05) is 31.7 Å². The molecule has 27 heavy (non-hydrogen) atoms. The molecule has 3 nitrogen and oxygen atoms in total. The molecule has 150 valence electrons. The van der Waals surface area contributed by atoms with Gasteiger partial charge in [0.05, 0.1) is 0 Å². The van der Waals surface area contributed by atoms with Crippen LogP contribution in [-0.2, 0) is 11.2 Å². The van der Waals surface area contributed by atoms with Gasteiger partial charge in [0, 0.05) is 13.1 Å². The number of nitrogens with zero attached hydrogens (tertiary/aromatic N) is 1. The zero-order valence-electron chi connectivity index (χ0n) is 17.5. The third-order valence-electron chi connectivity index (χ3n) is 6.12. The maximum absolute atomic E-state index is 12.7. The molecule has 2 saturated carbocycles. The lowest BCUT2D eigenvalue weighted by Crippen LogP contribution is -2.43. The van der Waals surface area contributed by atoms with Crippen LogP contribution in [0.4, 0.5) is 4.79 Å². The number of hydrogen-bond donors (Lipinski definition) is 0. The van der Waals surface area contributed by atoms with E-state index in [-0.39, 0.29) is 6.09 Å². The highest BCUT2D eigenvalue weighted by atomic mass is 16.6. The van der Waals surface area contributed by atoms with E-state index in [9.17, 15) is 4.79 Å². The molecular weight excluding hydrogens is 334 g/mol. The highest BCUT2D eigenvalue weighted by Crippen LogP contribution is 2.42. The Morgan fingerprint density at radius 2 is 1.70 bits per heavy atom. The molecule has 0 heterocycles. The average Bonchev–Trinajstić information content (AvgIpc) is 3.08. The van der Waals surface area contributed by atoms with E-state index in [0.29, 0.717) is 5.92 Å². The topological polar surface area (TPSA) is 29.5 Å². The Kier molecular flexibility index (Phi) is 6.83. The number of hydrogen-bond acceptors (Lipinski definition) is 2. The van der Waals surface area contributed by atoms with Gasteiger partial charge in [-0.15, -0.1) is 0 Å². The van der Waals surface area contributed by atoms with Crippen molar-refractivity contribution in [3.05, 3.63) is 35.9 Å². The molecule has 0 bridgehead atoms. The van der Waals surface area contributed by atoms with Crippen molar-refractivity contribution in [1.29, 1.82) is 0 Å². The van der Waals surface area contributed by atoms with Gasteiger partial charge in [0.1, 0.15) is 5.60 Å². The van der Waals surface area contributed by atoms with Crippen molar-refractivity contribution in [2.75, 3.05) is 13.1 Å². The van der Waals surface area contributed by atoms with Crippen LogP contribution in [0.15, 0.2) is 30.3 Å².